The van der Waals surface area contributed by atoms with Gasteiger partial charge in [0.2, 0.25) is 0 Å². The maximum Gasteiger partial charge on any atom is 0.119 e. The van der Waals surface area contributed by atoms with Crippen molar-refractivity contribution in [3.63, 3.8) is 0 Å². The van der Waals surface area contributed by atoms with Crippen molar-refractivity contribution < 1.29 is 4.74 Å². The standard InChI is InChI=1S/C19H22N2O/c1-15-5-4-6-17(13-15)22-12-11-21-14-16(9-10-20)18-7-2-3-8-19(18)21/h2-8,13-14H,9-12,20H2,1H3. The van der Waals surface area contributed by atoms with Crippen LogP contribution in [0.3, 0.4) is 0 Å². The third-order valence-electron chi connectivity index (χ3n) is 3.88. The molecule has 2 N–H and O–H groups in total. The van der Waals surface area contributed by atoms with Crippen LogP contribution in [0, 0.1) is 6.92 Å². The van der Waals surface area contributed by atoms with E-state index in [1.54, 1.807) is 0 Å². The maximum absolute atomic E-state index is 5.86. The van der Waals surface area contributed by atoms with Crippen LogP contribution < -0.4 is 10.5 Å². The summed E-state index contributed by atoms with van der Waals surface area (Å²) in [5.74, 6) is 0.929. The monoisotopic (exact) mass is 294 g/mol. The Morgan fingerprint density at radius 1 is 1.09 bits per heavy atom. The number of fused-ring (bicyclic) bond motifs is 1. The molecule has 3 aromatic rings. The van der Waals surface area contributed by atoms with Crippen LogP contribution in [0.1, 0.15) is 11.1 Å². The van der Waals surface area contributed by atoms with Crippen molar-refractivity contribution in [3.8, 4) is 5.75 Å². The van der Waals surface area contributed by atoms with Crippen LogP contribution in [0.2, 0.25) is 0 Å². The van der Waals surface area contributed by atoms with E-state index in [9.17, 15) is 0 Å². The first-order valence-corrected chi connectivity index (χ1v) is 7.74. The molecule has 0 amide bonds. The number of para-hydroxylation sites is 1. The topological polar surface area (TPSA) is 40.2 Å². The molecule has 0 aliphatic carbocycles. The van der Waals surface area contributed by atoms with Crippen LogP contribution in [0.5, 0.6) is 5.75 Å². The second-order valence-corrected chi connectivity index (χ2v) is 5.57. The zero-order valence-corrected chi connectivity index (χ0v) is 13.0. The molecule has 0 atom stereocenters. The van der Waals surface area contributed by atoms with E-state index in [4.69, 9.17) is 10.5 Å². The smallest absolute Gasteiger partial charge is 0.119 e. The van der Waals surface area contributed by atoms with E-state index in [-0.39, 0.29) is 0 Å². The Hall–Kier alpha value is -2.26. The molecule has 2 aromatic carbocycles. The lowest BCUT2D eigenvalue weighted by Crippen LogP contribution is -2.07. The summed E-state index contributed by atoms with van der Waals surface area (Å²) in [4.78, 5) is 0. The van der Waals surface area contributed by atoms with E-state index in [0.29, 0.717) is 13.2 Å². The second kappa shape index (κ2) is 6.67. The Balaban J connectivity index is 1.73. The van der Waals surface area contributed by atoms with Gasteiger partial charge in [-0.15, -0.1) is 0 Å². The van der Waals surface area contributed by atoms with Crippen molar-refractivity contribution in [1.29, 1.82) is 0 Å². The van der Waals surface area contributed by atoms with Gasteiger partial charge in [-0.3, -0.25) is 0 Å². The van der Waals surface area contributed by atoms with E-state index in [1.165, 1.54) is 22.0 Å². The largest absolute Gasteiger partial charge is 0.492 e. The SMILES string of the molecule is Cc1cccc(OCCn2cc(CCN)c3ccccc32)c1. The number of hydrogen-bond donors (Lipinski definition) is 1. The molecule has 0 unspecified atom stereocenters. The van der Waals surface area contributed by atoms with Crippen molar-refractivity contribution in [2.75, 3.05) is 13.2 Å². The van der Waals surface area contributed by atoms with E-state index in [0.717, 1.165) is 18.7 Å². The van der Waals surface area contributed by atoms with Crippen molar-refractivity contribution in [2.24, 2.45) is 5.73 Å². The van der Waals surface area contributed by atoms with Gasteiger partial charge in [-0.2, -0.15) is 0 Å². The molecule has 0 fully saturated rings. The van der Waals surface area contributed by atoms with Crippen molar-refractivity contribution >= 4 is 10.9 Å². The summed E-state index contributed by atoms with van der Waals surface area (Å²) >= 11 is 0. The Labute approximate surface area is 131 Å². The average molecular weight is 294 g/mol. The van der Waals surface area contributed by atoms with Gasteiger partial charge in [-0.05, 0) is 49.2 Å². The van der Waals surface area contributed by atoms with Crippen LogP contribution in [-0.2, 0) is 13.0 Å². The Kier molecular flexibility index (Phi) is 4.45. The van der Waals surface area contributed by atoms with Crippen LogP contribution in [0.25, 0.3) is 10.9 Å². The molecular formula is C19H22N2O. The second-order valence-electron chi connectivity index (χ2n) is 5.57. The number of aromatic nitrogens is 1. The molecule has 0 saturated heterocycles. The minimum atomic E-state index is 0.657. The van der Waals surface area contributed by atoms with Gasteiger partial charge in [0.25, 0.3) is 0 Å². The first-order chi connectivity index (χ1) is 10.8. The number of rotatable bonds is 6. The quantitative estimate of drug-likeness (QED) is 0.755. The fourth-order valence-electron chi connectivity index (χ4n) is 2.83. The summed E-state index contributed by atoms with van der Waals surface area (Å²) in [5, 5.41) is 1.29. The van der Waals surface area contributed by atoms with E-state index in [1.807, 2.05) is 12.1 Å². The van der Waals surface area contributed by atoms with Gasteiger partial charge < -0.3 is 15.0 Å². The van der Waals surface area contributed by atoms with Gasteiger partial charge in [0.1, 0.15) is 12.4 Å². The molecular weight excluding hydrogens is 272 g/mol. The normalized spacial score (nSPS) is 11.0. The van der Waals surface area contributed by atoms with Gasteiger partial charge in [0.15, 0.2) is 0 Å². The summed E-state index contributed by atoms with van der Waals surface area (Å²) in [7, 11) is 0. The van der Waals surface area contributed by atoms with Gasteiger partial charge >= 0.3 is 0 Å². The lowest BCUT2D eigenvalue weighted by atomic mass is 10.1. The maximum atomic E-state index is 5.86. The summed E-state index contributed by atoms with van der Waals surface area (Å²) in [5.41, 5.74) is 9.50. The number of benzene rings is 2. The van der Waals surface area contributed by atoms with Gasteiger partial charge in [0, 0.05) is 17.1 Å². The van der Waals surface area contributed by atoms with Gasteiger partial charge in [-0.25, -0.2) is 0 Å². The summed E-state index contributed by atoms with van der Waals surface area (Å²) in [6.07, 6.45) is 3.11. The predicted molar refractivity (Wildman–Crippen MR) is 91.4 cm³/mol. The highest BCUT2D eigenvalue weighted by Crippen LogP contribution is 2.21. The average Bonchev–Trinajstić information content (AvgIpc) is 2.87. The zero-order chi connectivity index (χ0) is 15.4. The molecule has 0 bridgehead atoms. The Bertz CT molecular complexity index is 761. The van der Waals surface area contributed by atoms with E-state index in [2.05, 4.69) is 54.1 Å². The van der Waals surface area contributed by atoms with Crippen LogP contribution in [0.15, 0.2) is 54.7 Å². The number of nitrogens with two attached hydrogens (primary N) is 1. The minimum Gasteiger partial charge on any atom is -0.492 e. The first-order valence-electron chi connectivity index (χ1n) is 7.74. The van der Waals surface area contributed by atoms with Crippen molar-refractivity contribution in [1.82, 2.24) is 4.57 Å². The Morgan fingerprint density at radius 3 is 2.77 bits per heavy atom. The van der Waals surface area contributed by atoms with Crippen LogP contribution >= 0.6 is 0 Å². The minimum absolute atomic E-state index is 0.657. The number of ether oxygens (including phenoxy) is 1. The molecule has 3 nitrogen and oxygen atoms in total. The number of hydrogen-bond acceptors (Lipinski definition) is 2. The van der Waals surface area contributed by atoms with Crippen LogP contribution in [0.4, 0.5) is 0 Å². The molecule has 22 heavy (non-hydrogen) atoms. The van der Waals surface area contributed by atoms with Gasteiger partial charge in [-0.1, -0.05) is 30.3 Å². The molecule has 0 radical (unpaired) electrons. The molecule has 1 heterocycles. The van der Waals surface area contributed by atoms with Crippen molar-refractivity contribution in [2.45, 2.75) is 19.9 Å². The molecule has 1 aromatic heterocycles. The predicted octanol–water partition coefficient (Wildman–Crippen LogP) is 3.53. The third kappa shape index (κ3) is 3.15. The fourth-order valence-corrected chi connectivity index (χ4v) is 2.83. The summed E-state index contributed by atoms with van der Waals surface area (Å²) in [6, 6.07) is 16.6. The first kappa shape index (κ1) is 14.7. The lowest BCUT2D eigenvalue weighted by Gasteiger charge is -2.08. The molecule has 0 saturated carbocycles. The number of nitrogens with zero attached hydrogens (tertiary/aromatic N) is 1. The molecule has 114 valence electrons. The summed E-state index contributed by atoms with van der Waals surface area (Å²) in [6.45, 7) is 4.24. The van der Waals surface area contributed by atoms with Crippen LogP contribution in [-0.4, -0.2) is 17.7 Å². The molecule has 0 aliphatic rings. The molecule has 0 spiro atoms. The zero-order valence-electron chi connectivity index (χ0n) is 13.0. The molecule has 3 rings (SSSR count). The molecule has 0 aliphatic heterocycles. The van der Waals surface area contributed by atoms with Crippen molar-refractivity contribution in [3.05, 3.63) is 65.9 Å². The Morgan fingerprint density at radius 2 is 1.95 bits per heavy atom. The third-order valence-corrected chi connectivity index (χ3v) is 3.88. The highest BCUT2D eigenvalue weighted by atomic mass is 16.5. The lowest BCUT2D eigenvalue weighted by molar-refractivity contribution is 0.300. The highest BCUT2D eigenvalue weighted by molar-refractivity contribution is 5.84. The number of aryl methyl sites for hydroxylation is 1. The van der Waals surface area contributed by atoms with E-state index >= 15 is 0 Å². The highest BCUT2D eigenvalue weighted by Gasteiger charge is 2.07. The summed E-state index contributed by atoms with van der Waals surface area (Å²) < 4.78 is 8.12. The van der Waals surface area contributed by atoms with E-state index < -0.39 is 0 Å². The van der Waals surface area contributed by atoms with Gasteiger partial charge in [0.05, 0.1) is 6.54 Å². The molecule has 3 heteroatoms. The fraction of sp³-hybridized carbons (Fsp3) is 0.263.